The number of piperidine rings is 2. The summed E-state index contributed by atoms with van der Waals surface area (Å²) in [6.45, 7) is 1.47. The van der Waals surface area contributed by atoms with E-state index in [2.05, 4.69) is 30.6 Å². The highest BCUT2D eigenvalue weighted by molar-refractivity contribution is 7.89. The Balaban J connectivity index is 0.846. The van der Waals surface area contributed by atoms with Crippen molar-refractivity contribution in [3.63, 3.8) is 0 Å². The van der Waals surface area contributed by atoms with E-state index in [0.717, 1.165) is 21.2 Å². The molecule has 2 N–H and O–H groups in total. The first-order valence-electron chi connectivity index (χ1n) is 18.9. The quantitative estimate of drug-likeness (QED) is 0.176. The molecule has 3 saturated heterocycles. The Hall–Kier alpha value is -5.80. The topological polar surface area (TPSA) is 183 Å². The van der Waals surface area contributed by atoms with Crippen LogP contribution in [0.4, 0.5) is 29.2 Å². The van der Waals surface area contributed by atoms with E-state index in [1.165, 1.54) is 29.0 Å². The summed E-state index contributed by atoms with van der Waals surface area (Å²) in [6, 6.07) is 9.38. The second-order valence-corrected chi connectivity index (χ2v) is 16.8. The Bertz CT molecular complexity index is 2430. The predicted molar refractivity (Wildman–Crippen MR) is 202 cm³/mol. The molecule has 8 rings (SSSR count). The van der Waals surface area contributed by atoms with Gasteiger partial charge in [-0.3, -0.25) is 39.0 Å². The Morgan fingerprint density at radius 1 is 0.898 bits per heavy atom. The average molecular weight is 839 g/mol. The Kier molecular flexibility index (Phi) is 10.7. The normalized spacial score (nSPS) is 20.0. The van der Waals surface area contributed by atoms with Crippen molar-refractivity contribution in [2.24, 2.45) is 0 Å². The van der Waals surface area contributed by atoms with E-state index in [1.54, 1.807) is 29.2 Å². The summed E-state index contributed by atoms with van der Waals surface area (Å²) in [5, 5.41) is 9.12. The molecule has 0 spiro atoms. The van der Waals surface area contributed by atoms with Crippen molar-refractivity contribution in [2.45, 2.75) is 61.9 Å². The summed E-state index contributed by atoms with van der Waals surface area (Å²) in [5.41, 5.74) is 1.58. The maximum absolute atomic E-state index is 15.5. The van der Waals surface area contributed by atoms with Gasteiger partial charge in [0.2, 0.25) is 27.8 Å². The van der Waals surface area contributed by atoms with Crippen LogP contribution in [-0.4, -0.2) is 123 Å². The number of alkyl halides is 3. The first-order chi connectivity index (χ1) is 28.1. The fourth-order valence-electron chi connectivity index (χ4n) is 7.86. The van der Waals surface area contributed by atoms with Crippen LogP contribution in [0.25, 0.3) is 11.3 Å². The number of hydrogen-bond acceptors (Lipinski definition) is 12. The van der Waals surface area contributed by atoms with Gasteiger partial charge in [-0.05, 0) is 55.2 Å². The number of carbonyl (C=O) groups is 4. The SMILES string of the molecule is O=C1CCC(N2C(=O)c3cc(F)c(N4CCN(Cc5cccc(S(=O)(=O)N6CCC(Nc7nccc(-c8cnn(CC(F)(F)F)c8)n7)CC6)c5)CC4)cc3C2=O)C(=O)N1. The van der Waals surface area contributed by atoms with Crippen LogP contribution < -0.4 is 15.5 Å². The fraction of sp³-hybridized carbons (Fsp3) is 0.395. The number of amides is 4. The van der Waals surface area contributed by atoms with E-state index in [9.17, 15) is 40.8 Å². The van der Waals surface area contributed by atoms with Crippen molar-refractivity contribution in [3.8, 4) is 11.3 Å². The highest BCUT2D eigenvalue weighted by atomic mass is 32.2. The lowest BCUT2D eigenvalue weighted by Gasteiger charge is -2.36. The average Bonchev–Trinajstić information content (AvgIpc) is 3.75. The number of fused-ring (bicyclic) bond motifs is 1. The second-order valence-electron chi connectivity index (χ2n) is 14.8. The Morgan fingerprint density at radius 3 is 2.34 bits per heavy atom. The van der Waals surface area contributed by atoms with E-state index in [-0.39, 0.29) is 59.6 Å². The summed E-state index contributed by atoms with van der Waals surface area (Å²) in [5.74, 6) is -3.15. The number of nitrogens with zero attached hydrogens (tertiary/aromatic N) is 8. The Labute approximate surface area is 335 Å². The van der Waals surface area contributed by atoms with Crippen molar-refractivity contribution < 1.29 is 45.2 Å². The minimum atomic E-state index is -4.41. The molecule has 4 aliphatic heterocycles. The van der Waals surface area contributed by atoms with Crippen molar-refractivity contribution in [1.29, 1.82) is 0 Å². The van der Waals surface area contributed by atoms with E-state index >= 15 is 4.39 Å². The van der Waals surface area contributed by atoms with E-state index in [0.29, 0.717) is 56.8 Å². The number of benzene rings is 2. The third kappa shape index (κ3) is 8.39. The number of sulfonamides is 1. The molecule has 1 unspecified atom stereocenters. The van der Waals surface area contributed by atoms with Gasteiger partial charge >= 0.3 is 6.18 Å². The molecule has 0 radical (unpaired) electrons. The van der Waals surface area contributed by atoms with Gasteiger partial charge in [-0.2, -0.15) is 22.6 Å². The monoisotopic (exact) mass is 838 g/mol. The largest absolute Gasteiger partial charge is 0.408 e. The molecule has 0 bridgehead atoms. The molecular weight excluding hydrogens is 801 g/mol. The Morgan fingerprint density at radius 2 is 1.63 bits per heavy atom. The molecule has 3 fully saturated rings. The van der Waals surface area contributed by atoms with E-state index in [4.69, 9.17) is 0 Å². The molecule has 59 heavy (non-hydrogen) atoms. The van der Waals surface area contributed by atoms with Crippen LogP contribution in [0.1, 0.15) is 52.0 Å². The molecule has 21 heteroatoms. The molecule has 2 aromatic heterocycles. The van der Waals surface area contributed by atoms with Crippen LogP contribution in [0.2, 0.25) is 0 Å². The van der Waals surface area contributed by atoms with Gasteiger partial charge in [0.1, 0.15) is 18.4 Å². The zero-order valence-corrected chi connectivity index (χ0v) is 32.2. The summed E-state index contributed by atoms with van der Waals surface area (Å²) in [6.07, 6.45) is 0.533. The van der Waals surface area contributed by atoms with Gasteiger partial charge in [0.15, 0.2) is 0 Å². The number of piperazine rings is 1. The molecule has 4 aliphatic rings. The van der Waals surface area contributed by atoms with Gasteiger partial charge in [-0.1, -0.05) is 12.1 Å². The minimum Gasteiger partial charge on any atom is -0.367 e. The molecule has 310 valence electrons. The van der Waals surface area contributed by atoms with Gasteiger partial charge in [0.25, 0.3) is 11.8 Å². The number of imide groups is 2. The standard InChI is InChI=1S/C38H38F4N10O6S/c39-29-17-27-28(36(56)52(35(27)55)31-4-5-33(53)47-34(31)54)18-32(29)49-14-12-48(13-15-49)20-23-2-1-3-26(16-23)59(57,58)51-10-7-25(8-11-51)45-37-43-9-6-30(46-37)24-19-44-50(21-24)22-38(40,41)42/h1-3,6,9,16-19,21,25,31H,4-5,7-8,10-15,20,22H2,(H,43,45,46)(H,47,53,54). The van der Waals surface area contributed by atoms with Crippen LogP contribution >= 0.6 is 0 Å². The van der Waals surface area contributed by atoms with E-state index < -0.39 is 58.2 Å². The molecule has 2 aromatic carbocycles. The zero-order chi connectivity index (χ0) is 41.6. The van der Waals surface area contributed by atoms with Gasteiger partial charge in [-0.25, -0.2) is 22.8 Å². The van der Waals surface area contributed by atoms with Crippen LogP contribution in [0.5, 0.6) is 0 Å². The third-order valence-electron chi connectivity index (χ3n) is 10.9. The fourth-order valence-corrected chi connectivity index (χ4v) is 9.40. The predicted octanol–water partition coefficient (Wildman–Crippen LogP) is 3.03. The molecule has 4 amide bonds. The van der Waals surface area contributed by atoms with Gasteiger partial charge < -0.3 is 10.2 Å². The number of aromatic nitrogens is 4. The van der Waals surface area contributed by atoms with Crippen molar-refractivity contribution in [2.75, 3.05) is 49.5 Å². The number of anilines is 2. The third-order valence-corrected chi connectivity index (χ3v) is 12.8. The summed E-state index contributed by atoms with van der Waals surface area (Å²) >= 11 is 0. The maximum atomic E-state index is 15.5. The van der Waals surface area contributed by atoms with Crippen LogP contribution in [0.15, 0.2) is 66.0 Å². The highest BCUT2D eigenvalue weighted by Crippen LogP contribution is 2.33. The lowest BCUT2D eigenvalue weighted by atomic mass is 10.0. The lowest BCUT2D eigenvalue weighted by molar-refractivity contribution is -0.142. The summed E-state index contributed by atoms with van der Waals surface area (Å²) in [4.78, 5) is 63.9. The minimum absolute atomic E-state index is 0.00561. The lowest BCUT2D eigenvalue weighted by Crippen LogP contribution is -2.54. The van der Waals surface area contributed by atoms with Gasteiger partial charge in [0, 0.05) is 76.2 Å². The molecule has 16 nitrogen and oxygen atoms in total. The van der Waals surface area contributed by atoms with Crippen LogP contribution in [0, 0.1) is 5.82 Å². The van der Waals surface area contributed by atoms with Crippen molar-refractivity contribution >= 4 is 45.3 Å². The second kappa shape index (κ2) is 15.8. The highest BCUT2D eigenvalue weighted by Gasteiger charge is 2.45. The number of nitrogens with one attached hydrogen (secondary N) is 2. The first kappa shape index (κ1) is 40.0. The van der Waals surface area contributed by atoms with Gasteiger partial charge in [-0.15, -0.1) is 0 Å². The summed E-state index contributed by atoms with van der Waals surface area (Å²) in [7, 11) is -3.83. The van der Waals surface area contributed by atoms with Crippen LogP contribution in [-0.2, 0) is 32.7 Å². The van der Waals surface area contributed by atoms with Crippen molar-refractivity contribution in [1.82, 2.24) is 39.2 Å². The maximum Gasteiger partial charge on any atom is 0.408 e. The molecule has 0 aliphatic carbocycles. The zero-order valence-electron chi connectivity index (χ0n) is 31.4. The molecule has 4 aromatic rings. The van der Waals surface area contributed by atoms with Gasteiger partial charge in [0.05, 0.1) is 33.6 Å². The van der Waals surface area contributed by atoms with Crippen molar-refractivity contribution in [3.05, 3.63) is 83.6 Å². The number of rotatable bonds is 10. The molecule has 6 heterocycles. The van der Waals surface area contributed by atoms with Crippen LogP contribution in [0.3, 0.4) is 0 Å². The molecule has 0 saturated carbocycles. The van der Waals surface area contributed by atoms with E-state index in [1.807, 2.05) is 6.07 Å². The molecule has 1 atom stereocenters. The number of hydrogen-bond donors (Lipinski definition) is 2. The summed E-state index contributed by atoms with van der Waals surface area (Å²) < 4.78 is 83.5. The number of halogens is 4. The molecular formula is C38H38F4N10O6S. The number of carbonyl (C=O) groups excluding carboxylic acids is 4. The first-order valence-corrected chi connectivity index (χ1v) is 20.4. The smallest absolute Gasteiger partial charge is 0.367 e.